The third-order valence-corrected chi connectivity index (χ3v) is 4.30. The van der Waals surface area contributed by atoms with Gasteiger partial charge in [-0.1, -0.05) is 24.3 Å². The van der Waals surface area contributed by atoms with E-state index in [9.17, 15) is 13.2 Å². The van der Waals surface area contributed by atoms with Crippen LogP contribution in [0, 0.1) is 0 Å². The van der Waals surface area contributed by atoms with E-state index in [4.69, 9.17) is 9.47 Å². The third kappa shape index (κ3) is 4.25. The highest BCUT2D eigenvalue weighted by Gasteiger charge is 2.29. The lowest BCUT2D eigenvalue weighted by atomic mass is 10.0. The molecule has 0 amide bonds. The van der Waals surface area contributed by atoms with E-state index in [1.807, 2.05) is 18.2 Å². The van der Waals surface area contributed by atoms with Crippen LogP contribution in [0.4, 0.5) is 13.2 Å². The highest BCUT2D eigenvalue weighted by Crippen LogP contribution is 2.34. The number of halogens is 3. The molecular formula is C19H20F3NO2. The van der Waals surface area contributed by atoms with Gasteiger partial charge in [0.1, 0.15) is 6.61 Å². The van der Waals surface area contributed by atoms with Gasteiger partial charge in [-0.05, 0) is 48.7 Å². The van der Waals surface area contributed by atoms with Gasteiger partial charge in [0.05, 0.1) is 12.7 Å². The van der Waals surface area contributed by atoms with Crippen LogP contribution in [0.1, 0.15) is 16.7 Å². The Kier molecular flexibility index (Phi) is 5.18. The van der Waals surface area contributed by atoms with Crippen LogP contribution in [0.2, 0.25) is 0 Å². The predicted octanol–water partition coefficient (Wildman–Crippen LogP) is 3.85. The Morgan fingerprint density at radius 1 is 1.16 bits per heavy atom. The highest BCUT2D eigenvalue weighted by atomic mass is 19.4. The van der Waals surface area contributed by atoms with Gasteiger partial charge in [-0.3, -0.25) is 0 Å². The summed E-state index contributed by atoms with van der Waals surface area (Å²) in [6.07, 6.45) is -2.79. The molecule has 0 fully saturated rings. The van der Waals surface area contributed by atoms with E-state index in [1.54, 1.807) is 7.11 Å². The zero-order valence-electron chi connectivity index (χ0n) is 13.9. The van der Waals surface area contributed by atoms with Gasteiger partial charge in [-0.25, -0.2) is 0 Å². The van der Waals surface area contributed by atoms with Gasteiger partial charge in [-0.2, -0.15) is 13.2 Å². The zero-order chi connectivity index (χ0) is 17.9. The normalized spacial score (nSPS) is 16.9. The fraction of sp³-hybridized carbons (Fsp3) is 0.368. The Labute approximate surface area is 144 Å². The summed E-state index contributed by atoms with van der Waals surface area (Å²) in [7, 11) is 1.62. The van der Waals surface area contributed by atoms with Crippen molar-refractivity contribution < 1.29 is 22.6 Å². The van der Waals surface area contributed by atoms with Crippen molar-refractivity contribution in [2.75, 3.05) is 20.3 Å². The Morgan fingerprint density at radius 2 is 1.92 bits per heavy atom. The van der Waals surface area contributed by atoms with E-state index < -0.39 is 11.7 Å². The maximum atomic E-state index is 12.6. The lowest BCUT2D eigenvalue weighted by molar-refractivity contribution is -0.137. The van der Waals surface area contributed by atoms with Gasteiger partial charge >= 0.3 is 6.18 Å². The first-order valence-electron chi connectivity index (χ1n) is 8.15. The predicted molar refractivity (Wildman–Crippen MR) is 89.1 cm³/mol. The maximum Gasteiger partial charge on any atom is 0.416 e. The lowest BCUT2D eigenvalue weighted by Gasteiger charge is -2.27. The number of rotatable bonds is 5. The first kappa shape index (κ1) is 17.6. The van der Waals surface area contributed by atoms with E-state index in [1.165, 1.54) is 12.1 Å². The second kappa shape index (κ2) is 7.35. The van der Waals surface area contributed by atoms with Crippen LogP contribution < -0.4 is 14.8 Å². The number of ether oxygens (including phenoxy) is 2. The number of para-hydroxylation sites is 1. The van der Waals surface area contributed by atoms with Crippen molar-refractivity contribution in [3.05, 3.63) is 59.2 Å². The molecule has 0 aliphatic carbocycles. The Morgan fingerprint density at radius 3 is 2.60 bits per heavy atom. The molecule has 2 aromatic carbocycles. The van der Waals surface area contributed by atoms with Gasteiger partial charge in [0.2, 0.25) is 0 Å². The summed E-state index contributed by atoms with van der Waals surface area (Å²) in [5.41, 5.74) is 1.35. The van der Waals surface area contributed by atoms with Crippen molar-refractivity contribution in [2.45, 2.75) is 25.1 Å². The summed E-state index contributed by atoms with van der Waals surface area (Å²) in [6.45, 7) is 1.22. The van der Waals surface area contributed by atoms with Crippen molar-refractivity contribution >= 4 is 0 Å². The maximum absolute atomic E-state index is 12.6. The van der Waals surface area contributed by atoms with E-state index in [2.05, 4.69) is 5.32 Å². The minimum atomic E-state index is -4.29. The summed E-state index contributed by atoms with van der Waals surface area (Å²) < 4.78 is 48.8. The number of benzene rings is 2. The molecule has 134 valence electrons. The van der Waals surface area contributed by atoms with Crippen LogP contribution in [0.5, 0.6) is 11.5 Å². The molecule has 0 radical (unpaired) electrons. The molecule has 6 heteroatoms. The summed E-state index contributed by atoms with van der Waals surface area (Å²) in [5.74, 6) is 1.53. The van der Waals surface area contributed by atoms with E-state index in [0.717, 1.165) is 41.2 Å². The SMILES string of the molecule is COc1cccc2c1OC[C@H](NCCc1ccc(C(F)(F)F)cc1)C2. The third-order valence-electron chi connectivity index (χ3n) is 4.30. The molecule has 0 saturated carbocycles. The number of fused-ring (bicyclic) bond motifs is 1. The van der Waals surface area contributed by atoms with Crippen LogP contribution in [0.25, 0.3) is 0 Å². The van der Waals surface area contributed by atoms with Crippen molar-refractivity contribution in [3.8, 4) is 11.5 Å². The number of hydrogen-bond donors (Lipinski definition) is 1. The molecule has 2 aromatic rings. The quantitative estimate of drug-likeness (QED) is 0.888. The number of methoxy groups -OCH3 is 1. The Hall–Kier alpha value is -2.21. The van der Waals surface area contributed by atoms with Crippen LogP contribution >= 0.6 is 0 Å². The second-order valence-corrected chi connectivity index (χ2v) is 6.06. The molecule has 1 atom stereocenters. The van der Waals surface area contributed by atoms with Gasteiger partial charge in [0, 0.05) is 6.04 Å². The molecular weight excluding hydrogens is 331 g/mol. The minimum Gasteiger partial charge on any atom is -0.493 e. The minimum absolute atomic E-state index is 0.175. The van der Waals surface area contributed by atoms with Gasteiger partial charge in [0.25, 0.3) is 0 Å². The summed E-state index contributed by atoms with van der Waals surface area (Å²) in [5, 5.41) is 3.41. The first-order chi connectivity index (χ1) is 12.0. The smallest absolute Gasteiger partial charge is 0.416 e. The van der Waals surface area contributed by atoms with Gasteiger partial charge in [0.15, 0.2) is 11.5 Å². The number of hydrogen-bond acceptors (Lipinski definition) is 3. The standard InChI is InChI=1S/C19H20F3NO2/c1-24-17-4-2-3-14-11-16(12-25-18(14)17)23-10-9-13-5-7-15(8-6-13)19(20,21)22/h2-8,16,23H,9-12H2,1H3/t16-/m1/s1. The van der Waals surface area contributed by atoms with E-state index >= 15 is 0 Å². The largest absolute Gasteiger partial charge is 0.493 e. The van der Waals surface area contributed by atoms with Crippen LogP contribution in [0.15, 0.2) is 42.5 Å². The Balaban J connectivity index is 1.51. The van der Waals surface area contributed by atoms with Crippen LogP contribution in [-0.2, 0) is 19.0 Å². The molecule has 3 nitrogen and oxygen atoms in total. The van der Waals surface area contributed by atoms with Crippen LogP contribution in [0.3, 0.4) is 0 Å². The van der Waals surface area contributed by atoms with E-state index in [-0.39, 0.29) is 6.04 Å². The molecule has 1 aliphatic heterocycles. The molecule has 0 saturated heterocycles. The molecule has 0 spiro atoms. The topological polar surface area (TPSA) is 30.5 Å². The molecule has 1 aliphatic rings. The van der Waals surface area contributed by atoms with Gasteiger partial charge < -0.3 is 14.8 Å². The van der Waals surface area contributed by atoms with Gasteiger partial charge in [-0.15, -0.1) is 0 Å². The summed E-state index contributed by atoms with van der Waals surface area (Å²) in [6, 6.07) is 11.3. The molecule has 3 rings (SSSR count). The molecule has 0 unspecified atom stereocenters. The summed E-state index contributed by atoms with van der Waals surface area (Å²) >= 11 is 0. The molecule has 25 heavy (non-hydrogen) atoms. The molecule has 1 heterocycles. The Bertz CT molecular complexity index is 714. The first-order valence-corrected chi connectivity index (χ1v) is 8.15. The lowest BCUT2D eigenvalue weighted by Crippen LogP contribution is -2.40. The van der Waals surface area contributed by atoms with Crippen LogP contribution in [-0.4, -0.2) is 26.3 Å². The monoisotopic (exact) mass is 351 g/mol. The average molecular weight is 351 g/mol. The van der Waals surface area contributed by atoms with Crippen molar-refractivity contribution in [2.24, 2.45) is 0 Å². The summed E-state index contributed by atoms with van der Waals surface area (Å²) in [4.78, 5) is 0. The average Bonchev–Trinajstić information content (AvgIpc) is 2.60. The van der Waals surface area contributed by atoms with Crippen molar-refractivity contribution in [1.82, 2.24) is 5.32 Å². The van der Waals surface area contributed by atoms with Crippen molar-refractivity contribution in [3.63, 3.8) is 0 Å². The molecule has 0 aromatic heterocycles. The zero-order valence-corrected chi connectivity index (χ0v) is 13.9. The second-order valence-electron chi connectivity index (χ2n) is 6.06. The fourth-order valence-electron chi connectivity index (χ4n) is 2.97. The van der Waals surface area contributed by atoms with E-state index in [0.29, 0.717) is 19.6 Å². The fourth-order valence-corrected chi connectivity index (χ4v) is 2.97. The molecule has 1 N–H and O–H groups in total. The highest BCUT2D eigenvalue weighted by molar-refractivity contribution is 5.48. The molecule has 0 bridgehead atoms. The van der Waals surface area contributed by atoms with Crippen molar-refractivity contribution in [1.29, 1.82) is 0 Å². The number of alkyl halides is 3. The number of nitrogens with one attached hydrogen (secondary N) is 1.